The number of rotatable bonds is 4. The van der Waals surface area contributed by atoms with Crippen molar-refractivity contribution in [3.05, 3.63) is 70.0 Å². The summed E-state index contributed by atoms with van der Waals surface area (Å²) in [5.74, 6) is -0.239. The van der Waals surface area contributed by atoms with Gasteiger partial charge in [0.1, 0.15) is 5.82 Å². The van der Waals surface area contributed by atoms with E-state index in [1.807, 2.05) is 6.92 Å². The van der Waals surface area contributed by atoms with Crippen LogP contribution in [0.4, 0.5) is 4.39 Å². The zero-order valence-corrected chi connectivity index (χ0v) is 13.0. The van der Waals surface area contributed by atoms with E-state index in [4.69, 9.17) is 11.6 Å². The van der Waals surface area contributed by atoms with Crippen LogP contribution in [0.3, 0.4) is 0 Å². The molecule has 0 aliphatic carbocycles. The fourth-order valence-corrected chi connectivity index (χ4v) is 2.91. The first-order valence-corrected chi connectivity index (χ1v) is 7.52. The summed E-state index contributed by atoms with van der Waals surface area (Å²) >= 11 is 6.57. The van der Waals surface area contributed by atoms with Crippen LogP contribution in [0.25, 0.3) is 0 Å². The molecule has 0 fully saturated rings. The molecule has 0 aliphatic rings. The molecule has 0 heterocycles. The molecule has 1 unspecified atom stereocenters. The normalized spacial score (nSPS) is 12.4. The smallest absolute Gasteiger partial charge is 0.123 e. The van der Waals surface area contributed by atoms with Crippen molar-refractivity contribution in [2.24, 2.45) is 0 Å². The zero-order valence-electron chi connectivity index (χ0n) is 12.2. The summed E-state index contributed by atoms with van der Waals surface area (Å²) in [5, 5.41) is -0.304. The second-order valence-electron chi connectivity index (χ2n) is 5.10. The summed E-state index contributed by atoms with van der Waals surface area (Å²) in [6, 6.07) is 11.1. The van der Waals surface area contributed by atoms with Gasteiger partial charge in [0, 0.05) is 0 Å². The molecule has 2 rings (SSSR count). The molecule has 0 aliphatic heterocycles. The average Bonchev–Trinajstić information content (AvgIpc) is 2.48. The molecule has 0 amide bonds. The third-order valence-corrected chi connectivity index (χ3v) is 4.29. The standard InChI is InChI=1S/C18H20ClF/c1-4-13-7-8-15(10-14(13)5-2)18(19)17-11-16(20)9-6-12(17)3/h6-11,18H,4-5H2,1-3H3. The molecule has 0 saturated carbocycles. The number of hydrogen-bond donors (Lipinski definition) is 0. The minimum Gasteiger partial charge on any atom is -0.207 e. The fourth-order valence-electron chi connectivity index (χ4n) is 2.54. The van der Waals surface area contributed by atoms with E-state index in [1.54, 1.807) is 6.07 Å². The fraction of sp³-hybridized carbons (Fsp3) is 0.333. The van der Waals surface area contributed by atoms with Crippen LogP contribution >= 0.6 is 11.6 Å². The molecular weight excluding hydrogens is 271 g/mol. The number of aryl methyl sites for hydroxylation is 3. The van der Waals surface area contributed by atoms with E-state index in [2.05, 4.69) is 32.0 Å². The highest BCUT2D eigenvalue weighted by atomic mass is 35.5. The van der Waals surface area contributed by atoms with E-state index in [-0.39, 0.29) is 11.2 Å². The van der Waals surface area contributed by atoms with Gasteiger partial charge in [-0.1, -0.05) is 38.1 Å². The van der Waals surface area contributed by atoms with Crippen molar-refractivity contribution in [2.45, 2.75) is 39.0 Å². The molecule has 0 spiro atoms. The minimum absolute atomic E-state index is 0.239. The molecule has 2 aromatic rings. The Bertz CT molecular complexity index is 604. The van der Waals surface area contributed by atoms with E-state index in [9.17, 15) is 4.39 Å². The van der Waals surface area contributed by atoms with Crippen LogP contribution in [0, 0.1) is 12.7 Å². The summed E-state index contributed by atoms with van der Waals surface area (Å²) in [4.78, 5) is 0. The Labute approximate surface area is 125 Å². The van der Waals surface area contributed by atoms with Gasteiger partial charge in [-0.15, -0.1) is 11.6 Å². The van der Waals surface area contributed by atoms with Crippen molar-refractivity contribution in [2.75, 3.05) is 0 Å². The first-order valence-electron chi connectivity index (χ1n) is 7.08. The molecule has 1 atom stereocenters. The first kappa shape index (κ1) is 15.1. The van der Waals surface area contributed by atoms with Gasteiger partial charge in [0.25, 0.3) is 0 Å². The lowest BCUT2D eigenvalue weighted by atomic mass is 9.95. The summed E-state index contributed by atoms with van der Waals surface area (Å²) in [6.07, 6.45) is 2.01. The second kappa shape index (κ2) is 6.41. The lowest BCUT2D eigenvalue weighted by Gasteiger charge is -2.16. The molecule has 0 nitrogen and oxygen atoms in total. The van der Waals surface area contributed by atoms with Crippen molar-refractivity contribution in [1.82, 2.24) is 0 Å². The SMILES string of the molecule is CCc1ccc(C(Cl)c2cc(F)ccc2C)cc1CC. The van der Waals surface area contributed by atoms with Crippen LogP contribution in [-0.2, 0) is 12.8 Å². The van der Waals surface area contributed by atoms with Gasteiger partial charge in [0.15, 0.2) is 0 Å². The Morgan fingerprint density at radius 3 is 2.35 bits per heavy atom. The van der Waals surface area contributed by atoms with Crippen LogP contribution < -0.4 is 0 Å². The average molecular weight is 291 g/mol. The maximum Gasteiger partial charge on any atom is 0.123 e. The molecule has 106 valence electrons. The minimum atomic E-state index is -0.304. The van der Waals surface area contributed by atoms with Crippen LogP contribution in [0.1, 0.15) is 47.0 Å². The van der Waals surface area contributed by atoms with E-state index in [1.165, 1.54) is 23.3 Å². The zero-order chi connectivity index (χ0) is 14.7. The van der Waals surface area contributed by atoms with Crippen molar-refractivity contribution in [3.8, 4) is 0 Å². The largest absolute Gasteiger partial charge is 0.207 e. The summed E-state index contributed by atoms with van der Waals surface area (Å²) in [5.41, 5.74) is 5.58. The molecule has 0 bridgehead atoms. The summed E-state index contributed by atoms with van der Waals surface area (Å²) in [7, 11) is 0. The van der Waals surface area contributed by atoms with Gasteiger partial charge in [-0.05, 0) is 59.7 Å². The molecule has 0 radical (unpaired) electrons. The molecule has 2 heteroatoms. The van der Waals surface area contributed by atoms with Gasteiger partial charge in [-0.2, -0.15) is 0 Å². The van der Waals surface area contributed by atoms with Gasteiger partial charge in [-0.25, -0.2) is 4.39 Å². The van der Waals surface area contributed by atoms with Crippen molar-refractivity contribution in [3.63, 3.8) is 0 Å². The van der Waals surface area contributed by atoms with Crippen molar-refractivity contribution in [1.29, 1.82) is 0 Å². The highest BCUT2D eigenvalue weighted by Crippen LogP contribution is 2.32. The molecule has 20 heavy (non-hydrogen) atoms. The van der Waals surface area contributed by atoms with Gasteiger partial charge >= 0.3 is 0 Å². The first-order chi connectivity index (χ1) is 9.56. The topological polar surface area (TPSA) is 0 Å². The Kier molecular flexibility index (Phi) is 4.82. The Morgan fingerprint density at radius 1 is 1.00 bits per heavy atom. The van der Waals surface area contributed by atoms with Crippen molar-refractivity contribution < 1.29 is 4.39 Å². The Balaban J connectivity index is 2.42. The predicted octanol–water partition coefficient (Wildman–Crippen LogP) is 5.59. The maximum atomic E-state index is 13.4. The van der Waals surface area contributed by atoms with Crippen LogP contribution in [-0.4, -0.2) is 0 Å². The van der Waals surface area contributed by atoms with Crippen molar-refractivity contribution >= 4 is 11.6 Å². The third-order valence-electron chi connectivity index (χ3n) is 3.80. The summed E-state index contributed by atoms with van der Waals surface area (Å²) < 4.78 is 13.4. The van der Waals surface area contributed by atoms with Gasteiger partial charge in [0.2, 0.25) is 0 Å². The van der Waals surface area contributed by atoms with E-state index >= 15 is 0 Å². The quantitative estimate of drug-likeness (QED) is 0.644. The van der Waals surface area contributed by atoms with Crippen LogP contribution in [0.15, 0.2) is 36.4 Å². The van der Waals surface area contributed by atoms with E-state index in [0.29, 0.717) is 0 Å². The monoisotopic (exact) mass is 290 g/mol. The number of alkyl halides is 1. The van der Waals surface area contributed by atoms with Gasteiger partial charge < -0.3 is 0 Å². The Morgan fingerprint density at radius 2 is 1.70 bits per heavy atom. The Hall–Kier alpha value is -1.34. The second-order valence-corrected chi connectivity index (χ2v) is 5.54. The van der Waals surface area contributed by atoms with Gasteiger partial charge in [-0.3, -0.25) is 0 Å². The predicted molar refractivity (Wildman–Crippen MR) is 84.0 cm³/mol. The highest BCUT2D eigenvalue weighted by Gasteiger charge is 2.15. The lowest BCUT2D eigenvalue weighted by Crippen LogP contribution is -2.00. The lowest BCUT2D eigenvalue weighted by molar-refractivity contribution is 0.625. The third kappa shape index (κ3) is 3.04. The molecule has 2 aromatic carbocycles. The number of benzene rings is 2. The molecule has 0 saturated heterocycles. The van der Waals surface area contributed by atoms with Crippen LogP contribution in [0.5, 0.6) is 0 Å². The van der Waals surface area contributed by atoms with E-state index < -0.39 is 0 Å². The summed E-state index contributed by atoms with van der Waals surface area (Å²) in [6.45, 7) is 6.27. The molecular formula is C18H20ClF. The van der Waals surface area contributed by atoms with E-state index in [0.717, 1.165) is 29.5 Å². The number of halogens is 2. The number of hydrogen-bond acceptors (Lipinski definition) is 0. The molecule has 0 aromatic heterocycles. The highest BCUT2D eigenvalue weighted by molar-refractivity contribution is 6.22. The maximum absolute atomic E-state index is 13.4. The molecule has 0 N–H and O–H groups in total. The van der Waals surface area contributed by atoms with Crippen LogP contribution in [0.2, 0.25) is 0 Å². The van der Waals surface area contributed by atoms with Gasteiger partial charge in [0.05, 0.1) is 5.38 Å².